The van der Waals surface area contributed by atoms with Crippen LogP contribution in [-0.2, 0) is 29.7 Å². The molecule has 0 unspecified atom stereocenters. The molecule has 0 aliphatic carbocycles. The first-order valence-electron chi connectivity index (χ1n) is 13.5. The Labute approximate surface area is 231 Å². The van der Waals surface area contributed by atoms with Crippen molar-refractivity contribution in [2.75, 3.05) is 26.3 Å². The molecule has 2 amide bonds. The third kappa shape index (κ3) is 7.91. The number of hydrogen-bond acceptors (Lipinski definition) is 3. The molecule has 0 spiro atoms. The molecule has 0 saturated heterocycles. The Kier molecular flexibility index (Phi) is 10.1. The zero-order chi connectivity index (χ0) is 27.5. The minimum absolute atomic E-state index is 0.00263. The lowest BCUT2D eigenvalue weighted by Gasteiger charge is -2.28. The second kappa shape index (κ2) is 14.1. The van der Waals surface area contributed by atoms with Gasteiger partial charge in [0.2, 0.25) is 5.91 Å². The first-order chi connectivity index (χ1) is 19.0. The van der Waals surface area contributed by atoms with Crippen LogP contribution in [0.15, 0.2) is 103 Å². The lowest BCUT2D eigenvalue weighted by molar-refractivity contribution is -0.133. The van der Waals surface area contributed by atoms with Crippen LogP contribution in [0.5, 0.6) is 0 Å². The van der Waals surface area contributed by atoms with Crippen LogP contribution < -0.4 is 0 Å². The van der Waals surface area contributed by atoms with Gasteiger partial charge in [-0.2, -0.15) is 0 Å². The van der Waals surface area contributed by atoms with Gasteiger partial charge in [0.15, 0.2) is 0 Å². The molecule has 6 nitrogen and oxygen atoms in total. The Morgan fingerprint density at radius 1 is 0.769 bits per heavy atom. The van der Waals surface area contributed by atoms with Gasteiger partial charge in [-0.1, -0.05) is 72.8 Å². The second-order valence-corrected chi connectivity index (χ2v) is 9.57. The zero-order valence-corrected chi connectivity index (χ0v) is 22.8. The minimum atomic E-state index is -0.155. The highest BCUT2D eigenvalue weighted by atomic mass is 16.5. The van der Waals surface area contributed by atoms with Gasteiger partial charge in [-0.05, 0) is 54.3 Å². The van der Waals surface area contributed by atoms with Crippen molar-refractivity contribution in [3.05, 3.63) is 120 Å². The molecule has 0 saturated carbocycles. The second-order valence-electron chi connectivity index (χ2n) is 9.57. The normalized spacial score (nSPS) is 10.8. The molecular formula is C33H37N3O3. The highest BCUT2D eigenvalue weighted by Crippen LogP contribution is 2.20. The number of rotatable bonds is 13. The van der Waals surface area contributed by atoms with Crippen LogP contribution in [0.25, 0.3) is 11.1 Å². The van der Waals surface area contributed by atoms with Crippen LogP contribution >= 0.6 is 0 Å². The van der Waals surface area contributed by atoms with E-state index >= 15 is 0 Å². The summed E-state index contributed by atoms with van der Waals surface area (Å²) < 4.78 is 7.53. The van der Waals surface area contributed by atoms with Crippen LogP contribution in [0.1, 0.15) is 35.0 Å². The highest BCUT2D eigenvalue weighted by Gasteiger charge is 2.23. The van der Waals surface area contributed by atoms with E-state index in [1.807, 2.05) is 127 Å². The molecule has 0 aliphatic heterocycles. The number of nitrogens with zero attached hydrogens (tertiary/aromatic N) is 3. The van der Waals surface area contributed by atoms with Gasteiger partial charge in [0.05, 0.1) is 6.54 Å². The average molecular weight is 524 g/mol. The largest absolute Gasteiger partial charge is 0.382 e. The summed E-state index contributed by atoms with van der Waals surface area (Å²) in [6.07, 6.45) is 2.63. The van der Waals surface area contributed by atoms with E-state index in [4.69, 9.17) is 4.74 Å². The number of carbonyl (C=O) groups excluding carboxylic acids is 2. The van der Waals surface area contributed by atoms with Crippen molar-refractivity contribution in [2.24, 2.45) is 7.05 Å². The summed E-state index contributed by atoms with van der Waals surface area (Å²) in [6, 6.07) is 31.6. The topological polar surface area (TPSA) is 54.8 Å². The van der Waals surface area contributed by atoms with Crippen molar-refractivity contribution in [1.82, 2.24) is 14.4 Å². The van der Waals surface area contributed by atoms with Crippen molar-refractivity contribution in [3.8, 4) is 11.1 Å². The lowest BCUT2D eigenvalue weighted by atomic mass is 10.0. The lowest BCUT2D eigenvalue weighted by Crippen LogP contribution is -2.43. The fraction of sp³-hybridized carbons (Fsp3) is 0.273. The van der Waals surface area contributed by atoms with Crippen LogP contribution in [0.4, 0.5) is 0 Å². The molecule has 0 fully saturated rings. The van der Waals surface area contributed by atoms with Gasteiger partial charge in [0.25, 0.3) is 5.91 Å². The van der Waals surface area contributed by atoms with Gasteiger partial charge in [-0.15, -0.1) is 0 Å². The van der Waals surface area contributed by atoms with Crippen molar-refractivity contribution in [1.29, 1.82) is 0 Å². The Morgan fingerprint density at radius 2 is 1.44 bits per heavy atom. The molecule has 202 valence electrons. The number of aromatic nitrogens is 1. The summed E-state index contributed by atoms with van der Waals surface area (Å²) in [5, 5.41) is 0. The monoisotopic (exact) mass is 523 g/mol. The molecular weight excluding hydrogens is 486 g/mol. The van der Waals surface area contributed by atoms with Gasteiger partial charge in [0, 0.05) is 50.8 Å². The number of carbonyl (C=O) groups is 2. The zero-order valence-electron chi connectivity index (χ0n) is 22.8. The molecule has 0 aliphatic rings. The third-order valence-electron chi connectivity index (χ3n) is 6.75. The molecule has 4 rings (SSSR count). The summed E-state index contributed by atoms with van der Waals surface area (Å²) in [7, 11) is 1.98. The van der Waals surface area contributed by atoms with Crippen molar-refractivity contribution >= 4 is 11.8 Å². The Bertz CT molecular complexity index is 1320. The van der Waals surface area contributed by atoms with Crippen LogP contribution in [0.2, 0.25) is 0 Å². The van der Waals surface area contributed by atoms with Gasteiger partial charge in [0.1, 0.15) is 6.54 Å². The highest BCUT2D eigenvalue weighted by molar-refractivity contribution is 5.97. The molecule has 0 atom stereocenters. The molecule has 1 aromatic heterocycles. The predicted molar refractivity (Wildman–Crippen MR) is 155 cm³/mol. The molecule has 3 aromatic carbocycles. The third-order valence-corrected chi connectivity index (χ3v) is 6.75. The summed E-state index contributed by atoms with van der Waals surface area (Å²) in [6.45, 7) is 4.48. The van der Waals surface area contributed by atoms with E-state index in [0.29, 0.717) is 44.8 Å². The van der Waals surface area contributed by atoms with Crippen molar-refractivity contribution in [2.45, 2.75) is 26.4 Å². The van der Waals surface area contributed by atoms with E-state index in [1.165, 1.54) is 0 Å². The predicted octanol–water partition coefficient (Wildman–Crippen LogP) is 5.79. The number of hydrogen-bond donors (Lipinski definition) is 0. The van der Waals surface area contributed by atoms with E-state index in [9.17, 15) is 9.59 Å². The first-order valence-corrected chi connectivity index (χ1v) is 13.5. The maximum absolute atomic E-state index is 13.8. The molecule has 39 heavy (non-hydrogen) atoms. The fourth-order valence-corrected chi connectivity index (χ4v) is 4.53. The van der Waals surface area contributed by atoms with Gasteiger partial charge in [-0.25, -0.2) is 0 Å². The molecule has 0 bridgehead atoms. The Balaban J connectivity index is 1.53. The number of aryl methyl sites for hydroxylation is 1. The van der Waals surface area contributed by atoms with Crippen LogP contribution in [-0.4, -0.2) is 52.5 Å². The average Bonchev–Trinajstić information content (AvgIpc) is 3.39. The number of benzene rings is 3. The Hall–Kier alpha value is -4.16. The molecule has 1 heterocycles. The van der Waals surface area contributed by atoms with Crippen LogP contribution in [0, 0.1) is 0 Å². The number of ether oxygens (including phenoxy) is 1. The van der Waals surface area contributed by atoms with E-state index in [2.05, 4.69) is 0 Å². The van der Waals surface area contributed by atoms with Gasteiger partial charge >= 0.3 is 0 Å². The van der Waals surface area contributed by atoms with E-state index in [-0.39, 0.29) is 18.4 Å². The smallest absolute Gasteiger partial charge is 0.254 e. The van der Waals surface area contributed by atoms with E-state index < -0.39 is 0 Å². The molecule has 6 heteroatoms. The quantitative estimate of drug-likeness (QED) is 0.209. The molecule has 0 radical (unpaired) electrons. The fourth-order valence-electron chi connectivity index (χ4n) is 4.53. The maximum Gasteiger partial charge on any atom is 0.254 e. The van der Waals surface area contributed by atoms with Crippen molar-refractivity contribution in [3.63, 3.8) is 0 Å². The maximum atomic E-state index is 13.8. The SMILES string of the molecule is CCOCCCN(CC(=O)N(Cc1ccccc1)Cc1cccn1C)C(=O)c1ccc(-c2ccccc2)cc1. The minimum Gasteiger partial charge on any atom is -0.382 e. The van der Waals surface area contributed by atoms with Crippen molar-refractivity contribution < 1.29 is 14.3 Å². The van der Waals surface area contributed by atoms with E-state index in [0.717, 1.165) is 22.4 Å². The van der Waals surface area contributed by atoms with E-state index in [1.54, 1.807) is 4.90 Å². The number of amides is 2. The van der Waals surface area contributed by atoms with Crippen LogP contribution in [0.3, 0.4) is 0 Å². The first kappa shape index (κ1) is 27.9. The summed E-state index contributed by atoms with van der Waals surface area (Å²) in [5.41, 5.74) is 4.78. The standard InChI is InChI=1S/C33H37N3O3/c1-3-39-23-11-22-35(33(38)30-19-17-29(18-20-30)28-14-8-5-9-15-28)26-32(37)36(24-27-12-6-4-7-13-27)25-31-16-10-21-34(31)2/h4-10,12-21H,3,11,22-26H2,1-2H3. The summed E-state index contributed by atoms with van der Waals surface area (Å²) in [5.74, 6) is -0.247. The Morgan fingerprint density at radius 3 is 2.08 bits per heavy atom. The molecule has 4 aromatic rings. The molecule has 0 N–H and O–H groups in total. The summed E-state index contributed by atoms with van der Waals surface area (Å²) >= 11 is 0. The van der Waals surface area contributed by atoms with Gasteiger partial charge < -0.3 is 19.1 Å². The van der Waals surface area contributed by atoms with Gasteiger partial charge in [-0.3, -0.25) is 9.59 Å². The summed E-state index contributed by atoms with van der Waals surface area (Å²) in [4.78, 5) is 30.9.